The third-order valence-electron chi connectivity index (χ3n) is 2.23. The Morgan fingerprint density at radius 2 is 2.00 bits per heavy atom. The maximum absolute atomic E-state index is 11.8. The second-order valence-electron chi connectivity index (χ2n) is 3.84. The lowest BCUT2D eigenvalue weighted by atomic mass is 10.0. The zero-order valence-electron chi connectivity index (χ0n) is 9.44. The fourth-order valence-corrected chi connectivity index (χ4v) is 1.23. The summed E-state index contributed by atoms with van der Waals surface area (Å²) >= 11 is 0. The van der Waals surface area contributed by atoms with Crippen LogP contribution in [0.3, 0.4) is 0 Å². The van der Waals surface area contributed by atoms with E-state index in [1.807, 2.05) is 0 Å². The van der Waals surface area contributed by atoms with Crippen molar-refractivity contribution in [2.24, 2.45) is 11.7 Å². The van der Waals surface area contributed by atoms with Crippen LogP contribution in [0.2, 0.25) is 0 Å². The first-order chi connectivity index (χ1) is 7.37. The van der Waals surface area contributed by atoms with Crippen LogP contribution in [-0.4, -0.2) is 25.2 Å². The summed E-state index contributed by atoms with van der Waals surface area (Å²) in [6.45, 7) is 2.34. The zero-order valence-corrected chi connectivity index (χ0v) is 9.44. The highest BCUT2D eigenvalue weighted by molar-refractivity contribution is 5.78. The number of halogens is 3. The van der Waals surface area contributed by atoms with Gasteiger partial charge >= 0.3 is 6.18 Å². The molecule has 1 unspecified atom stereocenters. The van der Waals surface area contributed by atoms with Gasteiger partial charge in [0.25, 0.3) is 0 Å². The molecule has 0 spiro atoms. The minimum absolute atomic E-state index is 0.0706. The van der Waals surface area contributed by atoms with E-state index in [1.165, 1.54) is 0 Å². The van der Waals surface area contributed by atoms with Crippen LogP contribution in [0.1, 0.15) is 32.6 Å². The van der Waals surface area contributed by atoms with Crippen molar-refractivity contribution in [1.29, 1.82) is 0 Å². The standard InChI is InChI=1S/C10H19F3N2O/c1-8(4-2-6-14)9(16)15-7-3-5-10(11,12)13/h8H,2-7,14H2,1H3,(H,15,16). The van der Waals surface area contributed by atoms with Gasteiger partial charge in [0.1, 0.15) is 0 Å². The lowest BCUT2D eigenvalue weighted by molar-refractivity contribution is -0.136. The van der Waals surface area contributed by atoms with Gasteiger partial charge in [-0.15, -0.1) is 0 Å². The largest absolute Gasteiger partial charge is 0.389 e. The van der Waals surface area contributed by atoms with E-state index in [0.29, 0.717) is 13.0 Å². The van der Waals surface area contributed by atoms with E-state index in [-0.39, 0.29) is 24.8 Å². The van der Waals surface area contributed by atoms with E-state index in [4.69, 9.17) is 5.73 Å². The van der Waals surface area contributed by atoms with E-state index in [9.17, 15) is 18.0 Å². The molecule has 1 atom stereocenters. The Hall–Kier alpha value is -0.780. The van der Waals surface area contributed by atoms with Gasteiger partial charge < -0.3 is 11.1 Å². The number of nitrogens with one attached hydrogen (secondary N) is 1. The predicted molar refractivity (Wildman–Crippen MR) is 55.8 cm³/mol. The average molecular weight is 240 g/mol. The molecule has 0 bridgehead atoms. The Morgan fingerprint density at radius 1 is 1.38 bits per heavy atom. The van der Waals surface area contributed by atoms with Crippen LogP contribution in [0.25, 0.3) is 0 Å². The molecule has 0 aromatic heterocycles. The SMILES string of the molecule is CC(CCCN)C(=O)NCCCC(F)(F)F. The number of amides is 1. The molecule has 16 heavy (non-hydrogen) atoms. The maximum Gasteiger partial charge on any atom is 0.389 e. The van der Waals surface area contributed by atoms with Crippen molar-refractivity contribution in [1.82, 2.24) is 5.32 Å². The van der Waals surface area contributed by atoms with Crippen molar-refractivity contribution in [3.05, 3.63) is 0 Å². The van der Waals surface area contributed by atoms with Gasteiger partial charge in [0, 0.05) is 18.9 Å². The number of nitrogens with two attached hydrogens (primary N) is 1. The van der Waals surface area contributed by atoms with Crippen molar-refractivity contribution in [3.8, 4) is 0 Å². The van der Waals surface area contributed by atoms with Crippen LogP contribution in [0, 0.1) is 5.92 Å². The summed E-state index contributed by atoms with van der Waals surface area (Å²) in [6.07, 6.45) is -3.65. The van der Waals surface area contributed by atoms with Gasteiger partial charge in [0.2, 0.25) is 5.91 Å². The first-order valence-electron chi connectivity index (χ1n) is 5.41. The number of hydrogen-bond acceptors (Lipinski definition) is 2. The van der Waals surface area contributed by atoms with E-state index in [2.05, 4.69) is 5.32 Å². The van der Waals surface area contributed by atoms with Gasteiger partial charge in [-0.25, -0.2) is 0 Å². The highest BCUT2D eigenvalue weighted by Crippen LogP contribution is 2.20. The monoisotopic (exact) mass is 240 g/mol. The van der Waals surface area contributed by atoms with Crippen molar-refractivity contribution in [2.45, 2.75) is 38.8 Å². The molecule has 3 N–H and O–H groups in total. The van der Waals surface area contributed by atoms with Crippen molar-refractivity contribution >= 4 is 5.91 Å². The van der Waals surface area contributed by atoms with Gasteiger partial charge in [-0.1, -0.05) is 6.92 Å². The highest BCUT2D eigenvalue weighted by Gasteiger charge is 2.26. The van der Waals surface area contributed by atoms with Gasteiger partial charge in [0.05, 0.1) is 0 Å². The van der Waals surface area contributed by atoms with Gasteiger partial charge in [-0.3, -0.25) is 4.79 Å². The minimum Gasteiger partial charge on any atom is -0.356 e. The molecule has 0 rings (SSSR count). The van der Waals surface area contributed by atoms with Crippen LogP contribution in [-0.2, 0) is 4.79 Å². The van der Waals surface area contributed by atoms with Crippen LogP contribution in [0.4, 0.5) is 13.2 Å². The lowest BCUT2D eigenvalue weighted by Crippen LogP contribution is -2.30. The first kappa shape index (κ1) is 15.2. The molecule has 0 aromatic carbocycles. The predicted octanol–water partition coefficient (Wildman–Crippen LogP) is 1.82. The Balaban J connectivity index is 3.57. The molecule has 0 aliphatic carbocycles. The van der Waals surface area contributed by atoms with Crippen LogP contribution in [0.15, 0.2) is 0 Å². The summed E-state index contributed by atoms with van der Waals surface area (Å²) in [7, 11) is 0. The maximum atomic E-state index is 11.8. The second kappa shape index (κ2) is 7.49. The third kappa shape index (κ3) is 8.52. The Labute approximate surface area is 93.6 Å². The molecule has 0 aromatic rings. The molecule has 0 aliphatic rings. The summed E-state index contributed by atoms with van der Waals surface area (Å²) in [5.74, 6) is -0.384. The first-order valence-corrected chi connectivity index (χ1v) is 5.41. The molecule has 0 radical (unpaired) electrons. The quantitative estimate of drug-likeness (QED) is 0.667. The number of carbonyl (C=O) groups is 1. The molecular weight excluding hydrogens is 221 g/mol. The summed E-state index contributed by atoms with van der Waals surface area (Å²) < 4.78 is 35.3. The molecule has 0 saturated carbocycles. The van der Waals surface area contributed by atoms with Gasteiger partial charge in [-0.2, -0.15) is 13.2 Å². The average Bonchev–Trinajstić information content (AvgIpc) is 2.19. The number of carbonyl (C=O) groups excluding carboxylic acids is 1. The summed E-state index contributed by atoms with van der Waals surface area (Å²) in [6, 6.07) is 0. The lowest BCUT2D eigenvalue weighted by Gasteiger charge is -2.12. The molecule has 3 nitrogen and oxygen atoms in total. The van der Waals surface area contributed by atoms with Gasteiger partial charge in [0.15, 0.2) is 0 Å². The summed E-state index contributed by atoms with van der Waals surface area (Å²) in [5, 5.41) is 2.48. The van der Waals surface area contributed by atoms with E-state index >= 15 is 0 Å². The molecule has 1 amide bonds. The number of hydrogen-bond donors (Lipinski definition) is 2. The Kier molecular flexibility index (Phi) is 7.12. The van der Waals surface area contributed by atoms with Crippen molar-refractivity contribution in [2.75, 3.05) is 13.1 Å². The van der Waals surface area contributed by atoms with Gasteiger partial charge in [-0.05, 0) is 25.8 Å². The smallest absolute Gasteiger partial charge is 0.356 e. The molecule has 0 heterocycles. The Morgan fingerprint density at radius 3 is 2.50 bits per heavy atom. The third-order valence-corrected chi connectivity index (χ3v) is 2.23. The van der Waals surface area contributed by atoms with Crippen molar-refractivity contribution in [3.63, 3.8) is 0 Å². The van der Waals surface area contributed by atoms with Crippen LogP contribution < -0.4 is 11.1 Å². The molecule has 96 valence electrons. The molecule has 0 fully saturated rings. The summed E-state index contributed by atoms with van der Waals surface area (Å²) in [4.78, 5) is 11.3. The fraction of sp³-hybridized carbons (Fsp3) is 0.900. The minimum atomic E-state index is -4.14. The number of alkyl halides is 3. The number of rotatable bonds is 7. The highest BCUT2D eigenvalue weighted by atomic mass is 19.4. The Bertz CT molecular complexity index is 207. The molecular formula is C10H19F3N2O. The summed E-state index contributed by atoms with van der Waals surface area (Å²) in [5.41, 5.74) is 5.29. The normalized spacial score (nSPS) is 13.6. The molecule has 0 aliphatic heterocycles. The fourth-order valence-electron chi connectivity index (χ4n) is 1.23. The van der Waals surface area contributed by atoms with Crippen LogP contribution in [0.5, 0.6) is 0 Å². The van der Waals surface area contributed by atoms with E-state index in [0.717, 1.165) is 6.42 Å². The second-order valence-corrected chi connectivity index (χ2v) is 3.84. The van der Waals surface area contributed by atoms with E-state index in [1.54, 1.807) is 6.92 Å². The zero-order chi connectivity index (χ0) is 12.6. The molecule has 0 saturated heterocycles. The van der Waals surface area contributed by atoms with Crippen molar-refractivity contribution < 1.29 is 18.0 Å². The van der Waals surface area contributed by atoms with E-state index < -0.39 is 12.6 Å². The molecule has 6 heteroatoms. The topological polar surface area (TPSA) is 55.1 Å². The van der Waals surface area contributed by atoms with Crippen LogP contribution >= 0.6 is 0 Å².